The largest absolute Gasteiger partial charge is 0.391 e. The summed E-state index contributed by atoms with van der Waals surface area (Å²) in [7, 11) is -2.55. The molecule has 1 aliphatic carbocycles. The third-order valence-electron chi connectivity index (χ3n) is 5.39. The molecule has 9 heteroatoms. The number of halogens is 2. The highest BCUT2D eigenvalue weighted by atomic mass is 35.5. The van der Waals surface area contributed by atoms with Gasteiger partial charge in [-0.2, -0.15) is 0 Å². The van der Waals surface area contributed by atoms with Crippen molar-refractivity contribution in [1.82, 2.24) is 4.90 Å². The molecule has 1 fully saturated rings. The van der Waals surface area contributed by atoms with Crippen LogP contribution in [0.4, 0.5) is 10.1 Å². The molecule has 2 aromatic carbocycles. The average Bonchev–Trinajstić information content (AvgIpc) is 2.74. The number of benzene rings is 2. The van der Waals surface area contributed by atoms with E-state index in [-0.39, 0.29) is 21.6 Å². The molecule has 0 radical (unpaired) electrons. The summed E-state index contributed by atoms with van der Waals surface area (Å²) in [6, 6.07) is 10.8. The molecule has 2 atom stereocenters. The predicted octanol–water partition coefficient (Wildman–Crippen LogP) is 3.44. The van der Waals surface area contributed by atoms with Crippen molar-refractivity contribution in [2.75, 3.05) is 17.9 Å². The maximum absolute atomic E-state index is 13.7. The van der Waals surface area contributed by atoms with Crippen LogP contribution in [0.25, 0.3) is 0 Å². The highest BCUT2D eigenvalue weighted by Gasteiger charge is 2.33. The number of amides is 1. The van der Waals surface area contributed by atoms with Gasteiger partial charge in [0.15, 0.2) is 0 Å². The van der Waals surface area contributed by atoms with E-state index in [4.69, 9.17) is 11.6 Å². The summed E-state index contributed by atoms with van der Waals surface area (Å²) < 4.78 is 41.2. The fourth-order valence-corrected chi connectivity index (χ4v) is 5.24. The van der Waals surface area contributed by atoms with E-state index in [1.54, 1.807) is 25.2 Å². The molecule has 1 amide bonds. The second-order valence-electron chi connectivity index (χ2n) is 7.35. The van der Waals surface area contributed by atoms with Gasteiger partial charge in [0.05, 0.1) is 27.8 Å². The van der Waals surface area contributed by atoms with Crippen LogP contribution in [0.5, 0.6) is 0 Å². The Labute approximate surface area is 180 Å². The molecule has 0 aromatic heterocycles. The van der Waals surface area contributed by atoms with Crippen molar-refractivity contribution >= 4 is 33.2 Å². The van der Waals surface area contributed by atoms with Crippen molar-refractivity contribution in [3.63, 3.8) is 0 Å². The molecule has 1 N–H and O–H groups in total. The van der Waals surface area contributed by atoms with Crippen molar-refractivity contribution in [3.05, 3.63) is 59.4 Å². The van der Waals surface area contributed by atoms with Gasteiger partial charge < -0.3 is 10.0 Å². The molecule has 0 saturated heterocycles. The Morgan fingerprint density at radius 3 is 2.47 bits per heavy atom. The van der Waals surface area contributed by atoms with Crippen LogP contribution in [0.3, 0.4) is 0 Å². The third-order valence-corrected chi connectivity index (χ3v) is 7.46. The van der Waals surface area contributed by atoms with Gasteiger partial charge in [-0.25, -0.2) is 12.8 Å². The number of nitrogens with zero attached hydrogens (tertiary/aromatic N) is 2. The van der Waals surface area contributed by atoms with Crippen LogP contribution in [0, 0.1) is 5.82 Å². The Hall–Kier alpha value is -2.16. The molecule has 2 aromatic rings. The lowest BCUT2D eigenvalue weighted by Gasteiger charge is -2.36. The maximum atomic E-state index is 13.7. The van der Waals surface area contributed by atoms with Crippen LogP contribution in [-0.2, 0) is 14.8 Å². The van der Waals surface area contributed by atoms with Crippen molar-refractivity contribution in [1.29, 1.82) is 0 Å². The fourth-order valence-electron chi connectivity index (χ4n) is 3.64. The zero-order valence-electron chi connectivity index (χ0n) is 16.5. The van der Waals surface area contributed by atoms with E-state index in [1.807, 2.05) is 0 Å². The van der Waals surface area contributed by atoms with Crippen LogP contribution >= 0.6 is 11.6 Å². The summed E-state index contributed by atoms with van der Waals surface area (Å²) in [5, 5.41) is 10.0. The smallest absolute Gasteiger partial charge is 0.264 e. The Bertz CT molecular complexity index is 1000. The minimum atomic E-state index is -4.11. The Balaban J connectivity index is 1.95. The maximum Gasteiger partial charge on any atom is 0.264 e. The molecule has 6 nitrogen and oxygen atoms in total. The minimum Gasteiger partial charge on any atom is -0.391 e. The van der Waals surface area contributed by atoms with Crippen LogP contribution in [0.1, 0.15) is 25.7 Å². The highest BCUT2D eigenvalue weighted by molar-refractivity contribution is 7.92. The number of carbonyl (C=O) groups is 1. The van der Waals surface area contributed by atoms with Gasteiger partial charge in [-0.1, -0.05) is 42.6 Å². The summed E-state index contributed by atoms with van der Waals surface area (Å²) in [5.74, 6) is -1.16. The number of aliphatic hydroxyl groups is 1. The SMILES string of the molecule is CN(C(=O)CN(c1ccc(F)c(Cl)c1)S(=O)(=O)c1ccccc1)C1CCCCC1O. The van der Waals surface area contributed by atoms with Crippen LogP contribution < -0.4 is 4.31 Å². The van der Waals surface area contributed by atoms with Crippen LogP contribution in [-0.4, -0.2) is 50.1 Å². The monoisotopic (exact) mass is 454 g/mol. The van der Waals surface area contributed by atoms with Crippen molar-refractivity contribution in [3.8, 4) is 0 Å². The Morgan fingerprint density at radius 2 is 1.83 bits per heavy atom. The highest BCUT2D eigenvalue weighted by Crippen LogP contribution is 2.29. The molecule has 1 aliphatic rings. The molecular weight excluding hydrogens is 431 g/mol. The number of sulfonamides is 1. The zero-order valence-corrected chi connectivity index (χ0v) is 18.1. The quantitative estimate of drug-likeness (QED) is 0.725. The van der Waals surface area contributed by atoms with E-state index in [9.17, 15) is 22.7 Å². The number of aliphatic hydroxyl groups excluding tert-OH is 1. The van der Waals surface area contributed by atoms with Gasteiger partial charge in [-0.3, -0.25) is 9.10 Å². The van der Waals surface area contributed by atoms with E-state index >= 15 is 0 Å². The normalized spacial score (nSPS) is 19.3. The Kier molecular flexibility index (Phi) is 7.00. The first-order valence-corrected chi connectivity index (χ1v) is 11.5. The number of likely N-dealkylation sites (N-methyl/N-ethyl adjacent to an activating group) is 1. The second kappa shape index (κ2) is 9.32. The number of rotatable bonds is 6. The number of hydrogen-bond acceptors (Lipinski definition) is 4. The van der Waals surface area contributed by atoms with Gasteiger partial charge in [-0.05, 0) is 43.2 Å². The van der Waals surface area contributed by atoms with E-state index in [0.29, 0.717) is 12.8 Å². The predicted molar refractivity (Wildman–Crippen MR) is 113 cm³/mol. The first-order valence-electron chi connectivity index (χ1n) is 9.68. The lowest BCUT2D eigenvalue weighted by molar-refractivity contribution is -0.133. The zero-order chi connectivity index (χ0) is 21.9. The molecule has 0 heterocycles. The molecule has 0 aliphatic heterocycles. The molecule has 2 unspecified atom stereocenters. The van der Waals surface area contributed by atoms with E-state index < -0.39 is 34.4 Å². The van der Waals surface area contributed by atoms with Gasteiger partial charge >= 0.3 is 0 Å². The Morgan fingerprint density at radius 1 is 1.17 bits per heavy atom. The lowest BCUT2D eigenvalue weighted by atomic mass is 9.91. The summed E-state index contributed by atoms with van der Waals surface area (Å²) in [4.78, 5) is 14.4. The minimum absolute atomic E-state index is 0.00129. The first kappa shape index (κ1) is 22.5. The second-order valence-corrected chi connectivity index (χ2v) is 9.62. The molecular formula is C21H24ClFN2O4S. The van der Waals surface area contributed by atoms with Crippen molar-refractivity contribution in [2.45, 2.75) is 42.7 Å². The average molecular weight is 455 g/mol. The van der Waals surface area contributed by atoms with E-state index in [0.717, 1.165) is 23.2 Å². The molecule has 0 bridgehead atoms. The van der Waals surface area contributed by atoms with E-state index in [1.165, 1.54) is 29.2 Å². The fraction of sp³-hybridized carbons (Fsp3) is 0.381. The van der Waals surface area contributed by atoms with Gasteiger partial charge in [0.1, 0.15) is 12.4 Å². The lowest BCUT2D eigenvalue weighted by Crippen LogP contribution is -2.50. The van der Waals surface area contributed by atoms with Gasteiger partial charge in [0, 0.05) is 7.05 Å². The number of hydrogen-bond donors (Lipinski definition) is 1. The summed E-state index contributed by atoms with van der Waals surface area (Å²) in [6.45, 7) is -0.501. The van der Waals surface area contributed by atoms with Gasteiger partial charge in [0.25, 0.3) is 10.0 Å². The van der Waals surface area contributed by atoms with Crippen LogP contribution in [0.15, 0.2) is 53.4 Å². The van der Waals surface area contributed by atoms with Crippen molar-refractivity contribution < 1.29 is 22.7 Å². The molecule has 0 spiro atoms. The number of anilines is 1. The summed E-state index contributed by atoms with van der Waals surface area (Å²) >= 11 is 5.87. The summed E-state index contributed by atoms with van der Waals surface area (Å²) in [5.41, 5.74) is 0.0798. The van der Waals surface area contributed by atoms with Gasteiger partial charge in [-0.15, -0.1) is 0 Å². The third kappa shape index (κ3) is 4.77. The van der Waals surface area contributed by atoms with Crippen molar-refractivity contribution in [2.24, 2.45) is 0 Å². The molecule has 1 saturated carbocycles. The molecule has 30 heavy (non-hydrogen) atoms. The first-order chi connectivity index (χ1) is 14.2. The van der Waals surface area contributed by atoms with Gasteiger partial charge in [0.2, 0.25) is 5.91 Å². The van der Waals surface area contributed by atoms with Crippen LogP contribution in [0.2, 0.25) is 5.02 Å². The number of carbonyl (C=O) groups excluding carboxylic acids is 1. The molecule has 3 rings (SSSR count). The summed E-state index contributed by atoms with van der Waals surface area (Å²) in [6.07, 6.45) is 2.38. The standard InChI is InChI=1S/C21H24ClFN2O4S/c1-24(19-9-5-6-10-20(19)26)21(27)14-25(15-11-12-18(23)17(22)13-15)30(28,29)16-7-3-2-4-8-16/h2-4,7-8,11-13,19-20,26H,5-6,9-10,14H2,1H3. The molecule has 162 valence electrons. The topological polar surface area (TPSA) is 77.9 Å². The van der Waals surface area contributed by atoms with E-state index in [2.05, 4.69) is 0 Å².